The Morgan fingerprint density at radius 1 is 1.55 bits per heavy atom. The lowest BCUT2D eigenvalue weighted by Gasteiger charge is -2.26. The second-order valence-corrected chi connectivity index (χ2v) is 7.01. The summed E-state index contributed by atoms with van der Waals surface area (Å²) in [5, 5.41) is 0. The molecule has 1 aromatic rings. The van der Waals surface area contributed by atoms with E-state index in [-0.39, 0.29) is 12.1 Å². The first kappa shape index (κ1) is 16.6. The van der Waals surface area contributed by atoms with Gasteiger partial charge in [-0.25, -0.2) is 9.78 Å². The number of pyridine rings is 1. The van der Waals surface area contributed by atoms with E-state index >= 15 is 0 Å². The molecule has 1 aliphatic heterocycles. The average molecular weight is 366 g/mol. The molecule has 1 saturated heterocycles. The van der Waals surface area contributed by atoms with Gasteiger partial charge in [0, 0.05) is 12.7 Å². The third kappa shape index (κ3) is 4.38. The fourth-order valence-electron chi connectivity index (χ4n) is 2.17. The molecule has 0 spiro atoms. The van der Waals surface area contributed by atoms with Crippen molar-refractivity contribution in [1.82, 2.24) is 9.88 Å². The van der Waals surface area contributed by atoms with Crippen LogP contribution in [0, 0.1) is 11.8 Å². The Kier molecular flexibility index (Phi) is 4.97. The molecule has 0 saturated carbocycles. The molecule has 118 valence electrons. The molecule has 6 heteroatoms. The fourth-order valence-corrected chi connectivity index (χ4v) is 2.51. The summed E-state index contributed by atoms with van der Waals surface area (Å²) in [6, 6.07) is 1.57. The predicted octanol–water partition coefficient (Wildman–Crippen LogP) is 3.18. The van der Waals surface area contributed by atoms with Crippen molar-refractivity contribution >= 4 is 27.7 Å². The van der Waals surface area contributed by atoms with E-state index in [1.165, 1.54) is 0 Å². The fraction of sp³-hybridized carbons (Fsp3) is 0.500. The van der Waals surface area contributed by atoms with Crippen LogP contribution in [0.4, 0.5) is 10.5 Å². The van der Waals surface area contributed by atoms with E-state index < -0.39 is 5.60 Å². The van der Waals surface area contributed by atoms with Crippen LogP contribution in [0.2, 0.25) is 0 Å². The largest absolute Gasteiger partial charge is 0.444 e. The van der Waals surface area contributed by atoms with Gasteiger partial charge >= 0.3 is 6.09 Å². The Morgan fingerprint density at radius 2 is 2.27 bits per heavy atom. The van der Waals surface area contributed by atoms with Crippen LogP contribution in [-0.4, -0.2) is 34.2 Å². The third-order valence-corrected chi connectivity index (χ3v) is 3.59. The van der Waals surface area contributed by atoms with E-state index in [2.05, 4.69) is 32.8 Å². The van der Waals surface area contributed by atoms with Gasteiger partial charge in [-0.3, -0.25) is 4.90 Å². The van der Waals surface area contributed by atoms with Gasteiger partial charge in [0.25, 0.3) is 0 Å². The monoisotopic (exact) mass is 365 g/mol. The van der Waals surface area contributed by atoms with Gasteiger partial charge in [-0.15, -0.1) is 0 Å². The van der Waals surface area contributed by atoms with Crippen LogP contribution in [0.1, 0.15) is 39.2 Å². The second-order valence-electron chi connectivity index (χ2n) is 6.20. The molecule has 0 aromatic carbocycles. The molecule has 0 radical (unpaired) electrons. The van der Waals surface area contributed by atoms with Crippen LogP contribution < -0.4 is 5.73 Å². The Morgan fingerprint density at radius 3 is 2.91 bits per heavy atom. The van der Waals surface area contributed by atoms with Crippen LogP contribution in [0.25, 0.3) is 0 Å². The van der Waals surface area contributed by atoms with E-state index in [0.29, 0.717) is 22.4 Å². The zero-order valence-electron chi connectivity index (χ0n) is 13.0. The highest BCUT2D eigenvalue weighted by atomic mass is 79.9. The standard InChI is InChI=1S/C16H20BrN3O2/c1-16(2,3)22-15(21)20-8-4-5-12(20)7-6-11-10-19-14(17)9-13(11)18/h9-10,12H,4-5,8H2,1-3H3,(H2,18,19)/t12-/m1/s1. The number of amides is 1. The zero-order valence-corrected chi connectivity index (χ0v) is 14.6. The summed E-state index contributed by atoms with van der Waals surface area (Å²) < 4.78 is 6.09. The molecule has 2 N–H and O–H groups in total. The van der Waals surface area contributed by atoms with Crippen LogP contribution in [0.15, 0.2) is 16.9 Å². The molecule has 0 unspecified atom stereocenters. The number of rotatable bonds is 0. The Balaban J connectivity index is 2.12. The van der Waals surface area contributed by atoms with Crippen molar-refractivity contribution in [2.45, 2.75) is 45.3 Å². The number of likely N-dealkylation sites (tertiary alicyclic amines) is 1. The topological polar surface area (TPSA) is 68.5 Å². The quantitative estimate of drug-likeness (QED) is 0.566. The normalized spacial score (nSPS) is 17.8. The summed E-state index contributed by atoms with van der Waals surface area (Å²) in [6.45, 7) is 6.24. The maximum absolute atomic E-state index is 12.2. The maximum Gasteiger partial charge on any atom is 0.411 e. The summed E-state index contributed by atoms with van der Waals surface area (Å²) in [6.07, 6.45) is 3.08. The van der Waals surface area contributed by atoms with Crippen LogP contribution in [0.5, 0.6) is 0 Å². The Hall–Kier alpha value is -1.74. The minimum Gasteiger partial charge on any atom is -0.444 e. The van der Waals surface area contributed by atoms with Gasteiger partial charge in [-0.2, -0.15) is 0 Å². The molecule has 0 aliphatic carbocycles. The zero-order chi connectivity index (χ0) is 16.3. The number of carbonyl (C=O) groups excluding carboxylic acids is 1. The van der Waals surface area contributed by atoms with E-state index in [9.17, 15) is 4.79 Å². The number of nitrogens with two attached hydrogens (primary N) is 1. The van der Waals surface area contributed by atoms with Crippen molar-refractivity contribution in [3.05, 3.63) is 22.4 Å². The van der Waals surface area contributed by atoms with Gasteiger partial charge in [0.15, 0.2) is 0 Å². The Labute approximate surface area is 139 Å². The first-order chi connectivity index (χ1) is 10.3. The second kappa shape index (κ2) is 6.57. The number of ether oxygens (including phenoxy) is 1. The molecular weight excluding hydrogens is 346 g/mol. The molecule has 0 bridgehead atoms. The number of carbonyl (C=O) groups is 1. The number of nitrogen functional groups attached to an aromatic ring is 1. The van der Waals surface area contributed by atoms with E-state index in [1.54, 1.807) is 17.2 Å². The minimum absolute atomic E-state index is 0.141. The number of hydrogen-bond donors (Lipinski definition) is 1. The van der Waals surface area contributed by atoms with Crippen molar-refractivity contribution in [2.75, 3.05) is 12.3 Å². The van der Waals surface area contributed by atoms with Crippen molar-refractivity contribution < 1.29 is 9.53 Å². The molecule has 5 nitrogen and oxygen atoms in total. The minimum atomic E-state index is -0.502. The van der Waals surface area contributed by atoms with Gasteiger partial charge in [0.2, 0.25) is 0 Å². The molecule has 1 aromatic heterocycles. The third-order valence-electron chi connectivity index (χ3n) is 3.16. The first-order valence-corrected chi connectivity index (χ1v) is 7.98. The molecular formula is C16H20BrN3O2. The summed E-state index contributed by atoms with van der Waals surface area (Å²) in [4.78, 5) is 18.0. The van der Waals surface area contributed by atoms with Crippen LogP contribution in [-0.2, 0) is 4.74 Å². The lowest BCUT2D eigenvalue weighted by atomic mass is 10.2. The van der Waals surface area contributed by atoms with Crippen LogP contribution >= 0.6 is 15.9 Å². The predicted molar refractivity (Wildman–Crippen MR) is 89.2 cm³/mol. The molecule has 1 atom stereocenters. The van der Waals surface area contributed by atoms with Gasteiger partial charge in [0.1, 0.15) is 10.2 Å². The van der Waals surface area contributed by atoms with Crippen molar-refractivity contribution in [3.63, 3.8) is 0 Å². The number of aromatic nitrogens is 1. The number of nitrogens with zero attached hydrogens (tertiary/aromatic N) is 2. The highest BCUT2D eigenvalue weighted by molar-refractivity contribution is 9.10. The summed E-state index contributed by atoms with van der Waals surface area (Å²) in [5.41, 5.74) is 6.64. The van der Waals surface area contributed by atoms with Gasteiger partial charge < -0.3 is 10.5 Å². The number of halogens is 1. The molecule has 1 fully saturated rings. The molecule has 22 heavy (non-hydrogen) atoms. The summed E-state index contributed by atoms with van der Waals surface area (Å²) in [7, 11) is 0. The smallest absolute Gasteiger partial charge is 0.411 e. The van der Waals surface area contributed by atoms with Crippen molar-refractivity contribution in [3.8, 4) is 11.8 Å². The SMILES string of the molecule is CC(C)(C)OC(=O)N1CCC[C@@H]1C#Cc1cnc(Br)cc1N. The number of anilines is 1. The van der Waals surface area contributed by atoms with Gasteiger partial charge in [0.05, 0.1) is 17.3 Å². The Bertz CT molecular complexity index is 629. The summed E-state index contributed by atoms with van der Waals surface area (Å²) >= 11 is 3.26. The lowest BCUT2D eigenvalue weighted by Crippen LogP contribution is -2.39. The highest BCUT2D eigenvalue weighted by Crippen LogP contribution is 2.21. The summed E-state index contributed by atoms with van der Waals surface area (Å²) in [5.74, 6) is 6.14. The molecule has 2 heterocycles. The van der Waals surface area contributed by atoms with Crippen molar-refractivity contribution in [1.29, 1.82) is 0 Å². The van der Waals surface area contributed by atoms with E-state index in [1.807, 2.05) is 20.8 Å². The molecule has 1 aliphatic rings. The maximum atomic E-state index is 12.2. The molecule has 2 rings (SSSR count). The van der Waals surface area contributed by atoms with Crippen molar-refractivity contribution in [2.24, 2.45) is 0 Å². The van der Waals surface area contributed by atoms with E-state index in [0.717, 1.165) is 12.8 Å². The molecule has 1 amide bonds. The average Bonchev–Trinajstić information content (AvgIpc) is 2.84. The number of hydrogen-bond acceptors (Lipinski definition) is 4. The highest BCUT2D eigenvalue weighted by Gasteiger charge is 2.31. The van der Waals surface area contributed by atoms with E-state index in [4.69, 9.17) is 10.5 Å². The van der Waals surface area contributed by atoms with Crippen LogP contribution in [0.3, 0.4) is 0 Å². The van der Waals surface area contributed by atoms with Gasteiger partial charge in [-0.1, -0.05) is 11.8 Å². The first-order valence-electron chi connectivity index (χ1n) is 7.18. The lowest BCUT2D eigenvalue weighted by molar-refractivity contribution is 0.0261. The van der Waals surface area contributed by atoms with Gasteiger partial charge in [-0.05, 0) is 55.6 Å².